The molecule has 1 saturated heterocycles. The van der Waals surface area contributed by atoms with Crippen LogP contribution >= 0.6 is 0 Å². The molecule has 1 aliphatic heterocycles. The average Bonchev–Trinajstić information content (AvgIpc) is 2.53. The second-order valence-corrected chi connectivity index (χ2v) is 5.59. The van der Waals surface area contributed by atoms with Gasteiger partial charge in [0.25, 0.3) is 0 Å². The van der Waals surface area contributed by atoms with Gasteiger partial charge in [-0.2, -0.15) is 0 Å². The first kappa shape index (κ1) is 18.4. The normalized spacial score (nSPS) is 19.1. The Kier molecular flexibility index (Phi) is 6.72. The maximum absolute atomic E-state index is 12.1. The van der Waals surface area contributed by atoms with Crippen molar-refractivity contribution in [3.8, 4) is 5.75 Å². The van der Waals surface area contributed by atoms with Gasteiger partial charge in [-0.25, -0.2) is 0 Å². The molecule has 0 radical (unpaired) electrons. The first-order chi connectivity index (χ1) is 11.4. The van der Waals surface area contributed by atoms with E-state index < -0.39 is 6.36 Å². The minimum Gasteiger partial charge on any atom is -0.406 e. The largest absolute Gasteiger partial charge is 0.573 e. The van der Waals surface area contributed by atoms with Crippen molar-refractivity contribution in [3.63, 3.8) is 0 Å². The molecule has 5 nitrogen and oxygen atoms in total. The Labute approximate surface area is 139 Å². The molecule has 0 saturated carbocycles. The first-order valence-corrected chi connectivity index (χ1v) is 7.97. The molecule has 8 heteroatoms. The van der Waals surface area contributed by atoms with Crippen LogP contribution in [-0.2, 0) is 4.74 Å². The lowest BCUT2D eigenvalue weighted by Crippen LogP contribution is -2.23. The topological polar surface area (TPSA) is 68.9 Å². The molecule has 1 fully saturated rings. The number of halogens is 3. The highest BCUT2D eigenvalue weighted by Crippen LogP contribution is 2.23. The number of anilines is 1. The fourth-order valence-electron chi connectivity index (χ4n) is 2.48. The van der Waals surface area contributed by atoms with Crippen molar-refractivity contribution >= 4 is 11.6 Å². The van der Waals surface area contributed by atoms with E-state index in [0.29, 0.717) is 18.3 Å². The highest BCUT2D eigenvalue weighted by molar-refractivity contribution is 5.92. The van der Waals surface area contributed by atoms with Crippen LogP contribution in [0.1, 0.15) is 32.1 Å². The average molecular weight is 345 g/mol. The summed E-state index contributed by atoms with van der Waals surface area (Å²) in [4.78, 5) is 4.20. The van der Waals surface area contributed by atoms with Crippen molar-refractivity contribution < 1.29 is 22.6 Å². The summed E-state index contributed by atoms with van der Waals surface area (Å²) in [6.07, 6.45) is 0.918. The van der Waals surface area contributed by atoms with Crippen LogP contribution in [0.2, 0.25) is 0 Å². The monoisotopic (exact) mass is 345 g/mol. The highest BCUT2D eigenvalue weighted by Gasteiger charge is 2.30. The third-order valence-corrected chi connectivity index (χ3v) is 3.60. The zero-order chi connectivity index (χ0) is 17.4. The number of benzene rings is 1. The molecule has 3 N–H and O–H groups in total. The highest BCUT2D eigenvalue weighted by atomic mass is 19.4. The molecule has 1 unspecified atom stereocenters. The van der Waals surface area contributed by atoms with Crippen LogP contribution in [-0.4, -0.2) is 31.6 Å². The van der Waals surface area contributed by atoms with Crippen LogP contribution in [0.25, 0.3) is 0 Å². The van der Waals surface area contributed by atoms with Crippen LogP contribution in [0.5, 0.6) is 5.75 Å². The van der Waals surface area contributed by atoms with Crippen LogP contribution in [0, 0.1) is 0 Å². The molecule has 0 aromatic heterocycles. The van der Waals surface area contributed by atoms with Gasteiger partial charge in [-0.15, -0.1) is 13.2 Å². The molecule has 1 aromatic rings. The molecule has 1 aliphatic rings. The zero-order valence-corrected chi connectivity index (χ0v) is 13.3. The summed E-state index contributed by atoms with van der Waals surface area (Å²) in [6, 6.07) is 5.31. The summed E-state index contributed by atoms with van der Waals surface area (Å²) in [5.41, 5.74) is 6.30. The number of nitrogens with two attached hydrogens (primary N) is 1. The van der Waals surface area contributed by atoms with Gasteiger partial charge < -0.3 is 20.5 Å². The summed E-state index contributed by atoms with van der Waals surface area (Å²) in [5, 5.41) is 2.83. The van der Waals surface area contributed by atoms with Crippen molar-refractivity contribution in [1.82, 2.24) is 0 Å². The summed E-state index contributed by atoms with van der Waals surface area (Å²) >= 11 is 0. The molecule has 0 aliphatic carbocycles. The quantitative estimate of drug-likeness (QED) is 0.469. The van der Waals surface area contributed by atoms with Gasteiger partial charge in [0.2, 0.25) is 0 Å². The van der Waals surface area contributed by atoms with Crippen LogP contribution in [0.4, 0.5) is 18.9 Å². The van der Waals surface area contributed by atoms with Gasteiger partial charge in [-0.1, -0.05) is 0 Å². The second kappa shape index (κ2) is 8.77. The summed E-state index contributed by atoms with van der Waals surface area (Å²) in [7, 11) is 0. The van der Waals surface area contributed by atoms with Crippen molar-refractivity contribution in [2.24, 2.45) is 10.7 Å². The van der Waals surface area contributed by atoms with E-state index in [0.717, 1.165) is 32.3 Å². The molecule has 0 spiro atoms. The molecule has 1 atom stereocenters. The summed E-state index contributed by atoms with van der Waals surface area (Å²) in [5.74, 6) is -0.0555. The van der Waals surface area contributed by atoms with E-state index >= 15 is 0 Å². The SMILES string of the molecule is NC(=NCCCC1CCCCO1)Nc1ccc(OC(F)(F)F)cc1. The van der Waals surface area contributed by atoms with Crippen LogP contribution < -0.4 is 15.8 Å². The Balaban J connectivity index is 1.71. The lowest BCUT2D eigenvalue weighted by molar-refractivity contribution is -0.274. The third kappa shape index (κ3) is 7.08. The molecule has 134 valence electrons. The lowest BCUT2D eigenvalue weighted by atomic mass is 10.1. The number of guanidine groups is 1. The fourth-order valence-corrected chi connectivity index (χ4v) is 2.48. The third-order valence-electron chi connectivity index (χ3n) is 3.60. The Hall–Kier alpha value is -1.96. The van der Waals surface area contributed by atoms with E-state index in [1.165, 1.54) is 30.7 Å². The van der Waals surface area contributed by atoms with Gasteiger partial charge in [0, 0.05) is 18.8 Å². The predicted molar refractivity (Wildman–Crippen MR) is 86.1 cm³/mol. The standard InChI is InChI=1S/C16H22F3N3O2/c17-16(18,19)24-14-8-6-12(7-9-14)22-15(20)21-10-3-5-13-4-1-2-11-23-13/h6-9,13H,1-5,10-11H2,(H3,20,21,22). The number of nitrogens with one attached hydrogen (secondary N) is 1. The first-order valence-electron chi connectivity index (χ1n) is 7.97. The summed E-state index contributed by atoms with van der Waals surface area (Å²) < 4.78 is 45.7. The molecule has 0 bridgehead atoms. The molecule has 1 heterocycles. The minimum absolute atomic E-state index is 0.226. The van der Waals surface area contributed by atoms with Gasteiger partial charge in [-0.05, 0) is 56.4 Å². The van der Waals surface area contributed by atoms with E-state index in [4.69, 9.17) is 10.5 Å². The summed E-state index contributed by atoms with van der Waals surface area (Å²) in [6.45, 7) is 1.42. The number of hydrogen-bond acceptors (Lipinski definition) is 3. The Morgan fingerprint density at radius 1 is 1.29 bits per heavy atom. The van der Waals surface area contributed by atoms with Gasteiger partial charge >= 0.3 is 6.36 Å². The van der Waals surface area contributed by atoms with E-state index in [9.17, 15) is 13.2 Å². The number of hydrogen-bond donors (Lipinski definition) is 2. The van der Waals surface area contributed by atoms with Crippen LogP contribution in [0.15, 0.2) is 29.3 Å². The lowest BCUT2D eigenvalue weighted by Gasteiger charge is -2.22. The van der Waals surface area contributed by atoms with E-state index in [1.54, 1.807) is 0 Å². The number of rotatable bonds is 6. The van der Waals surface area contributed by atoms with Crippen molar-refractivity contribution in [2.45, 2.75) is 44.6 Å². The van der Waals surface area contributed by atoms with Crippen molar-refractivity contribution in [2.75, 3.05) is 18.5 Å². The molecule has 1 aromatic carbocycles. The Morgan fingerprint density at radius 3 is 2.67 bits per heavy atom. The molecule has 2 rings (SSSR count). The number of aliphatic imine (C=N–C) groups is 1. The van der Waals surface area contributed by atoms with Crippen molar-refractivity contribution in [1.29, 1.82) is 0 Å². The Bertz CT molecular complexity index is 526. The molecule has 0 amide bonds. The van der Waals surface area contributed by atoms with Gasteiger partial charge in [0.15, 0.2) is 5.96 Å². The minimum atomic E-state index is -4.70. The van der Waals surface area contributed by atoms with E-state index in [-0.39, 0.29) is 11.7 Å². The van der Waals surface area contributed by atoms with Crippen molar-refractivity contribution in [3.05, 3.63) is 24.3 Å². The van der Waals surface area contributed by atoms with Gasteiger partial charge in [0.1, 0.15) is 5.75 Å². The Morgan fingerprint density at radius 2 is 2.04 bits per heavy atom. The maximum atomic E-state index is 12.1. The van der Waals surface area contributed by atoms with Gasteiger partial charge in [-0.3, -0.25) is 4.99 Å². The zero-order valence-electron chi connectivity index (χ0n) is 13.3. The van der Waals surface area contributed by atoms with E-state index in [2.05, 4.69) is 15.0 Å². The number of alkyl halides is 3. The van der Waals surface area contributed by atoms with E-state index in [1.807, 2.05) is 0 Å². The molecular formula is C16H22F3N3O2. The molecule has 24 heavy (non-hydrogen) atoms. The van der Waals surface area contributed by atoms with Crippen LogP contribution in [0.3, 0.4) is 0 Å². The maximum Gasteiger partial charge on any atom is 0.573 e. The second-order valence-electron chi connectivity index (χ2n) is 5.59. The number of nitrogens with zero attached hydrogens (tertiary/aromatic N) is 1. The number of ether oxygens (including phenoxy) is 2. The fraction of sp³-hybridized carbons (Fsp3) is 0.562. The molecular weight excluding hydrogens is 323 g/mol. The smallest absolute Gasteiger partial charge is 0.406 e. The predicted octanol–water partition coefficient (Wildman–Crippen LogP) is 3.66. The van der Waals surface area contributed by atoms with Gasteiger partial charge in [0.05, 0.1) is 6.10 Å².